The maximum absolute atomic E-state index is 13.0. The van der Waals surface area contributed by atoms with E-state index in [0.717, 1.165) is 5.82 Å². The van der Waals surface area contributed by atoms with Gasteiger partial charge in [-0.15, -0.1) is 0 Å². The number of ether oxygens (including phenoxy) is 1. The topological polar surface area (TPSA) is 84.7 Å². The molecule has 2 aromatic rings. The average Bonchev–Trinajstić information content (AvgIpc) is 3.30. The molecule has 1 aliphatic rings. The van der Waals surface area contributed by atoms with Gasteiger partial charge in [-0.05, 0) is 31.5 Å². The number of benzene rings is 1. The monoisotopic (exact) mass is 440 g/mol. The van der Waals surface area contributed by atoms with Crippen LogP contribution in [0, 0.1) is 6.92 Å². The first-order valence-corrected chi connectivity index (χ1v) is 11.5. The van der Waals surface area contributed by atoms with Crippen LogP contribution in [0.2, 0.25) is 5.02 Å². The Labute approximate surface area is 176 Å². The van der Waals surface area contributed by atoms with Crippen LogP contribution < -0.4 is 4.74 Å². The molecule has 1 atom stereocenters. The summed E-state index contributed by atoms with van der Waals surface area (Å²) < 4.78 is 33.5. The second kappa shape index (κ2) is 8.73. The maximum atomic E-state index is 13.0. The molecule has 0 spiro atoms. The van der Waals surface area contributed by atoms with Crippen LogP contribution in [0.4, 0.5) is 0 Å². The highest BCUT2D eigenvalue weighted by molar-refractivity contribution is 7.88. The van der Waals surface area contributed by atoms with Crippen molar-refractivity contribution in [1.29, 1.82) is 0 Å². The van der Waals surface area contributed by atoms with Gasteiger partial charge in [-0.3, -0.25) is 4.79 Å². The zero-order valence-corrected chi connectivity index (χ0v) is 18.3. The fourth-order valence-electron chi connectivity index (χ4n) is 3.64. The fourth-order valence-corrected chi connectivity index (χ4v) is 4.93. The van der Waals surface area contributed by atoms with Crippen molar-refractivity contribution in [2.75, 3.05) is 33.0 Å². The van der Waals surface area contributed by atoms with Gasteiger partial charge in [0.15, 0.2) is 0 Å². The summed E-state index contributed by atoms with van der Waals surface area (Å²) in [7, 11) is -1.94. The molecular weight excluding hydrogens is 416 g/mol. The summed E-state index contributed by atoms with van der Waals surface area (Å²) in [6, 6.07) is 4.60. The van der Waals surface area contributed by atoms with Gasteiger partial charge in [-0.2, -0.15) is 4.31 Å². The molecule has 0 saturated carbocycles. The predicted molar refractivity (Wildman–Crippen MR) is 111 cm³/mol. The van der Waals surface area contributed by atoms with Crippen LogP contribution in [0.25, 0.3) is 0 Å². The van der Waals surface area contributed by atoms with Crippen molar-refractivity contribution >= 4 is 27.5 Å². The minimum atomic E-state index is -3.43. The largest absolute Gasteiger partial charge is 0.496 e. The molecule has 10 heteroatoms. The molecule has 0 bridgehead atoms. The molecule has 158 valence electrons. The number of methoxy groups -OCH3 is 1. The van der Waals surface area contributed by atoms with Gasteiger partial charge in [0.1, 0.15) is 11.6 Å². The molecule has 1 saturated heterocycles. The molecule has 1 aromatic carbocycles. The van der Waals surface area contributed by atoms with E-state index in [2.05, 4.69) is 4.98 Å². The molecule has 0 N–H and O–H groups in total. The average molecular weight is 441 g/mol. The zero-order valence-electron chi connectivity index (χ0n) is 16.7. The van der Waals surface area contributed by atoms with E-state index in [1.807, 2.05) is 17.7 Å². The van der Waals surface area contributed by atoms with Crippen molar-refractivity contribution in [2.45, 2.75) is 25.9 Å². The van der Waals surface area contributed by atoms with Crippen molar-refractivity contribution in [3.8, 4) is 5.75 Å². The standard InChI is InChI=1S/C19H25ClN4O4S/c1-14-21-7-9-22(14)10-11-24(29(3,26)27)16-6-8-23(13-16)19(25)17-5-4-15(20)12-18(17)28-2/h4-5,7,9,12,16H,6,8,10-11,13H2,1-3H3. The maximum Gasteiger partial charge on any atom is 0.257 e. The van der Waals surface area contributed by atoms with E-state index in [0.29, 0.717) is 48.9 Å². The summed E-state index contributed by atoms with van der Waals surface area (Å²) in [5.74, 6) is 1.04. The molecule has 2 heterocycles. The number of sulfonamides is 1. The number of carbonyl (C=O) groups is 1. The Bertz CT molecular complexity index is 992. The molecule has 3 rings (SSSR count). The lowest BCUT2D eigenvalue weighted by Gasteiger charge is -2.27. The van der Waals surface area contributed by atoms with E-state index >= 15 is 0 Å². The van der Waals surface area contributed by atoms with Crippen molar-refractivity contribution in [1.82, 2.24) is 18.8 Å². The molecule has 1 fully saturated rings. The number of imidazole rings is 1. The molecule has 1 amide bonds. The lowest BCUT2D eigenvalue weighted by molar-refractivity contribution is 0.0781. The minimum absolute atomic E-state index is 0.195. The first-order valence-electron chi connectivity index (χ1n) is 9.28. The smallest absolute Gasteiger partial charge is 0.257 e. The summed E-state index contributed by atoms with van der Waals surface area (Å²) in [6.07, 6.45) is 5.31. The third kappa shape index (κ3) is 4.91. The number of halogens is 1. The van der Waals surface area contributed by atoms with Crippen LogP contribution >= 0.6 is 11.6 Å². The lowest BCUT2D eigenvalue weighted by atomic mass is 10.1. The Morgan fingerprint density at radius 1 is 1.41 bits per heavy atom. The highest BCUT2D eigenvalue weighted by Gasteiger charge is 2.35. The number of hydrogen-bond acceptors (Lipinski definition) is 5. The highest BCUT2D eigenvalue weighted by Crippen LogP contribution is 2.27. The Balaban J connectivity index is 1.73. The number of hydrogen-bond donors (Lipinski definition) is 0. The molecule has 1 aliphatic heterocycles. The molecule has 0 radical (unpaired) electrons. The molecule has 29 heavy (non-hydrogen) atoms. The number of amides is 1. The Kier molecular flexibility index (Phi) is 6.50. The van der Waals surface area contributed by atoms with E-state index in [1.54, 1.807) is 29.3 Å². The number of rotatable bonds is 7. The van der Waals surface area contributed by atoms with Crippen molar-refractivity contribution in [3.63, 3.8) is 0 Å². The summed E-state index contributed by atoms with van der Waals surface area (Å²) in [6.45, 7) is 3.52. The second-order valence-corrected chi connectivity index (χ2v) is 9.45. The van der Waals surface area contributed by atoms with Gasteiger partial charge >= 0.3 is 0 Å². The van der Waals surface area contributed by atoms with E-state index in [1.165, 1.54) is 17.7 Å². The zero-order chi connectivity index (χ0) is 21.2. The Morgan fingerprint density at radius 2 is 2.17 bits per heavy atom. The van der Waals surface area contributed by atoms with Crippen LogP contribution in [0.5, 0.6) is 5.75 Å². The van der Waals surface area contributed by atoms with Gasteiger partial charge < -0.3 is 14.2 Å². The van der Waals surface area contributed by atoms with Gasteiger partial charge in [-0.1, -0.05) is 11.6 Å². The number of carbonyl (C=O) groups excluding carboxylic acids is 1. The number of likely N-dealkylation sites (tertiary alicyclic amines) is 1. The normalized spacial score (nSPS) is 17.1. The number of aryl methyl sites for hydroxylation is 1. The fraction of sp³-hybridized carbons (Fsp3) is 0.474. The van der Waals surface area contributed by atoms with Crippen molar-refractivity contribution < 1.29 is 17.9 Å². The van der Waals surface area contributed by atoms with Crippen molar-refractivity contribution in [2.24, 2.45) is 0 Å². The van der Waals surface area contributed by atoms with E-state index in [4.69, 9.17) is 16.3 Å². The summed E-state index contributed by atoms with van der Waals surface area (Å²) in [5.41, 5.74) is 0.414. The van der Waals surface area contributed by atoms with Crippen LogP contribution in [-0.4, -0.2) is 72.1 Å². The SMILES string of the molecule is COc1cc(Cl)ccc1C(=O)N1CCC(N(CCn2ccnc2C)S(C)(=O)=O)C1. The van der Waals surface area contributed by atoms with Crippen LogP contribution in [0.3, 0.4) is 0 Å². The quantitative estimate of drug-likeness (QED) is 0.657. The summed E-state index contributed by atoms with van der Waals surface area (Å²) in [4.78, 5) is 18.8. The van der Waals surface area contributed by atoms with Gasteiger partial charge in [-0.25, -0.2) is 13.4 Å². The second-order valence-electron chi connectivity index (χ2n) is 7.08. The lowest BCUT2D eigenvalue weighted by Crippen LogP contribution is -2.43. The molecule has 1 aromatic heterocycles. The predicted octanol–water partition coefficient (Wildman–Crippen LogP) is 2.03. The first-order chi connectivity index (χ1) is 13.7. The van der Waals surface area contributed by atoms with Crippen LogP contribution in [0.15, 0.2) is 30.6 Å². The van der Waals surface area contributed by atoms with E-state index < -0.39 is 10.0 Å². The third-order valence-electron chi connectivity index (χ3n) is 5.16. The van der Waals surface area contributed by atoms with E-state index in [9.17, 15) is 13.2 Å². The third-order valence-corrected chi connectivity index (χ3v) is 6.73. The molecule has 8 nitrogen and oxygen atoms in total. The minimum Gasteiger partial charge on any atom is -0.496 e. The number of nitrogens with zero attached hydrogens (tertiary/aromatic N) is 4. The summed E-state index contributed by atoms with van der Waals surface area (Å²) in [5, 5.41) is 0.482. The Morgan fingerprint density at radius 3 is 2.79 bits per heavy atom. The van der Waals surface area contributed by atoms with Crippen LogP contribution in [-0.2, 0) is 16.6 Å². The van der Waals surface area contributed by atoms with Gasteiger partial charge in [0.05, 0.1) is 18.9 Å². The Hall–Kier alpha value is -2.10. The van der Waals surface area contributed by atoms with Gasteiger partial charge in [0, 0.05) is 49.6 Å². The molecule has 0 aliphatic carbocycles. The van der Waals surface area contributed by atoms with Gasteiger partial charge in [0.25, 0.3) is 5.91 Å². The molecule has 1 unspecified atom stereocenters. The first kappa shape index (κ1) is 21.6. The summed E-state index contributed by atoms with van der Waals surface area (Å²) >= 11 is 5.98. The van der Waals surface area contributed by atoms with E-state index in [-0.39, 0.29) is 11.9 Å². The number of aromatic nitrogens is 2. The van der Waals surface area contributed by atoms with Gasteiger partial charge in [0.2, 0.25) is 10.0 Å². The van der Waals surface area contributed by atoms with Crippen LogP contribution in [0.1, 0.15) is 22.6 Å². The molecular formula is C19H25ClN4O4S. The van der Waals surface area contributed by atoms with Crippen molar-refractivity contribution in [3.05, 3.63) is 47.0 Å². The highest BCUT2D eigenvalue weighted by atomic mass is 35.5.